The maximum Gasteiger partial charge on any atom is 0.257 e. The van der Waals surface area contributed by atoms with Crippen LogP contribution in [0.25, 0.3) is 0 Å². The van der Waals surface area contributed by atoms with Gasteiger partial charge in [-0.3, -0.25) is 9.59 Å². The number of Topliss-reactive ketones (excluding diaryl/α,β-unsaturated/α-hetero) is 1. The lowest BCUT2D eigenvalue weighted by Crippen LogP contribution is -2.42. The summed E-state index contributed by atoms with van der Waals surface area (Å²) in [5.41, 5.74) is 1.13. The molecule has 3 rings (SSSR count). The van der Waals surface area contributed by atoms with Gasteiger partial charge in [0.2, 0.25) is 0 Å². The van der Waals surface area contributed by atoms with E-state index in [-0.39, 0.29) is 17.6 Å². The Morgan fingerprint density at radius 1 is 1.23 bits per heavy atom. The highest BCUT2D eigenvalue weighted by atomic mass is 35.5. The number of carbonyl (C=O) groups is 2. The van der Waals surface area contributed by atoms with E-state index in [4.69, 9.17) is 16.0 Å². The average Bonchev–Trinajstić information content (AvgIpc) is 3.08. The number of rotatable bonds is 3. The number of nitrogens with zero attached hydrogens (tertiary/aromatic N) is 1. The summed E-state index contributed by atoms with van der Waals surface area (Å²) in [6, 6.07) is 8.61. The number of hydrogen-bond donors (Lipinski definition) is 0. The van der Waals surface area contributed by atoms with Crippen LogP contribution in [0.3, 0.4) is 0 Å². The van der Waals surface area contributed by atoms with Crippen LogP contribution in [0.1, 0.15) is 33.6 Å². The first-order valence-corrected chi connectivity index (χ1v) is 7.64. The topological polar surface area (TPSA) is 50.5 Å². The number of benzene rings is 1. The van der Waals surface area contributed by atoms with Gasteiger partial charge in [0.15, 0.2) is 5.78 Å². The Hall–Kier alpha value is -2.07. The highest BCUT2D eigenvalue weighted by molar-refractivity contribution is 6.31. The summed E-state index contributed by atoms with van der Waals surface area (Å²) in [5.74, 6) is -0.215. The summed E-state index contributed by atoms with van der Waals surface area (Å²) < 4.78 is 4.95. The van der Waals surface area contributed by atoms with Gasteiger partial charge in [-0.2, -0.15) is 0 Å². The maximum atomic E-state index is 12.6. The fourth-order valence-corrected chi connectivity index (χ4v) is 3.01. The molecule has 0 saturated carbocycles. The summed E-state index contributed by atoms with van der Waals surface area (Å²) in [6.07, 6.45) is 4.53. The van der Waals surface area contributed by atoms with Crippen molar-refractivity contribution in [2.75, 3.05) is 13.1 Å². The van der Waals surface area contributed by atoms with E-state index in [1.165, 1.54) is 12.5 Å². The Labute approximate surface area is 133 Å². The molecule has 0 spiro atoms. The van der Waals surface area contributed by atoms with Gasteiger partial charge in [0.05, 0.1) is 11.8 Å². The molecule has 2 aromatic rings. The summed E-state index contributed by atoms with van der Waals surface area (Å²) >= 11 is 5.95. The Balaban J connectivity index is 1.73. The summed E-state index contributed by atoms with van der Waals surface area (Å²) in [7, 11) is 0. The number of likely N-dealkylation sites (tertiary alicyclic amines) is 1. The minimum atomic E-state index is -0.178. The lowest BCUT2D eigenvalue weighted by atomic mass is 9.90. The smallest absolute Gasteiger partial charge is 0.257 e. The Kier molecular flexibility index (Phi) is 4.29. The van der Waals surface area contributed by atoms with Gasteiger partial charge in [-0.1, -0.05) is 23.7 Å². The van der Waals surface area contributed by atoms with E-state index in [0.717, 1.165) is 12.8 Å². The van der Waals surface area contributed by atoms with Crippen molar-refractivity contribution < 1.29 is 14.0 Å². The predicted octanol–water partition coefficient (Wildman–Crippen LogP) is 3.67. The number of furan rings is 1. The van der Waals surface area contributed by atoms with Gasteiger partial charge >= 0.3 is 0 Å². The van der Waals surface area contributed by atoms with Gasteiger partial charge in [0.1, 0.15) is 6.26 Å². The second-order valence-electron chi connectivity index (χ2n) is 5.48. The number of hydrogen-bond acceptors (Lipinski definition) is 3. The van der Waals surface area contributed by atoms with E-state index in [1.807, 2.05) is 0 Å². The average molecular weight is 318 g/mol. The first kappa shape index (κ1) is 14.9. The van der Waals surface area contributed by atoms with E-state index in [9.17, 15) is 9.59 Å². The number of piperidine rings is 1. The van der Waals surface area contributed by atoms with Crippen molar-refractivity contribution in [2.45, 2.75) is 12.8 Å². The van der Waals surface area contributed by atoms with E-state index < -0.39 is 0 Å². The zero-order chi connectivity index (χ0) is 15.5. The molecule has 0 N–H and O–H groups in total. The Bertz CT molecular complexity index is 681. The molecule has 0 bridgehead atoms. The lowest BCUT2D eigenvalue weighted by molar-refractivity contribution is 0.0636. The van der Waals surface area contributed by atoms with Crippen LogP contribution in [0, 0.1) is 5.92 Å². The van der Waals surface area contributed by atoms with Crippen molar-refractivity contribution in [1.82, 2.24) is 4.90 Å². The minimum absolute atomic E-state index is 0.0483. The zero-order valence-electron chi connectivity index (χ0n) is 12.0. The number of carbonyl (C=O) groups excluding carboxylic acids is 2. The van der Waals surface area contributed by atoms with Crippen LogP contribution in [-0.4, -0.2) is 29.7 Å². The molecule has 0 unspecified atom stereocenters. The monoisotopic (exact) mass is 317 g/mol. The molecule has 0 radical (unpaired) electrons. The fourth-order valence-electron chi connectivity index (χ4n) is 2.82. The molecular weight excluding hydrogens is 302 g/mol. The number of ketones is 1. The highest BCUT2D eigenvalue weighted by Gasteiger charge is 2.29. The van der Waals surface area contributed by atoms with E-state index in [0.29, 0.717) is 29.2 Å². The largest absolute Gasteiger partial charge is 0.472 e. The minimum Gasteiger partial charge on any atom is -0.472 e. The van der Waals surface area contributed by atoms with Crippen LogP contribution >= 0.6 is 11.6 Å². The predicted molar refractivity (Wildman–Crippen MR) is 83.1 cm³/mol. The molecule has 4 nitrogen and oxygen atoms in total. The Morgan fingerprint density at radius 2 is 2.09 bits per heavy atom. The summed E-state index contributed by atoms with van der Waals surface area (Å²) in [5, 5.41) is 0.549. The SMILES string of the molecule is O=C(c1cccc(Cl)c1)[C@@H]1CCCN(C(=O)c2ccoc2)C1. The molecule has 1 atom stereocenters. The molecule has 1 fully saturated rings. The fraction of sp³-hybridized carbons (Fsp3) is 0.294. The molecular formula is C17H16ClNO3. The van der Waals surface area contributed by atoms with E-state index >= 15 is 0 Å². The van der Waals surface area contributed by atoms with Gasteiger partial charge < -0.3 is 9.32 Å². The van der Waals surface area contributed by atoms with Crippen molar-refractivity contribution in [3.8, 4) is 0 Å². The molecule has 1 aliphatic rings. The van der Waals surface area contributed by atoms with Crippen LogP contribution in [-0.2, 0) is 0 Å². The third-order valence-corrected chi connectivity index (χ3v) is 4.19. The maximum absolute atomic E-state index is 12.6. The summed E-state index contributed by atoms with van der Waals surface area (Å²) in [4.78, 5) is 26.7. The molecule has 2 heterocycles. The number of amides is 1. The first-order valence-electron chi connectivity index (χ1n) is 7.26. The molecule has 1 saturated heterocycles. The lowest BCUT2D eigenvalue weighted by Gasteiger charge is -2.31. The molecule has 1 aromatic carbocycles. The van der Waals surface area contributed by atoms with Crippen molar-refractivity contribution in [3.63, 3.8) is 0 Å². The second kappa shape index (κ2) is 6.36. The molecule has 1 amide bonds. The van der Waals surface area contributed by atoms with Gasteiger partial charge in [-0.05, 0) is 31.0 Å². The van der Waals surface area contributed by atoms with Crippen molar-refractivity contribution in [3.05, 3.63) is 59.0 Å². The van der Waals surface area contributed by atoms with Crippen LogP contribution in [0.2, 0.25) is 5.02 Å². The molecule has 22 heavy (non-hydrogen) atoms. The summed E-state index contributed by atoms with van der Waals surface area (Å²) in [6.45, 7) is 1.11. The molecule has 0 aliphatic carbocycles. The molecule has 114 valence electrons. The van der Waals surface area contributed by atoms with Crippen LogP contribution in [0.5, 0.6) is 0 Å². The zero-order valence-corrected chi connectivity index (χ0v) is 12.8. The first-order chi connectivity index (χ1) is 10.6. The van der Waals surface area contributed by atoms with Gasteiger partial charge in [-0.25, -0.2) is 0 Å². The van der Waals surface area contributed by atoms with Crippen molar-refractivity contribution in [2.24, 2.45) is 5.92 Å². The van der Waals surface area contributed by atoms with Crippen LogP contribution in [0.4, 0.5) is 0 Å². The molecule has 5 heteroatoms. The van der Waals surface area contributed by atoms with Crippen LogP contribution < -0.4 is 0 Å². The van der Waals surface area contributed by atoms with Gasteiger partial charge in [-0.15, -0.1) is 0 Å². The number of halogens is 1. The van der Waals surface area contributed by atoms with Crippen LogP contribution in [0.15, 0.2) is 47.3 Å². The van der Waals surface area contributed by atoms with Gasteiger partial charge in [0, 0.05) is 29.6 Å². The van der Waals surface area contributed by atoms with Crippen molar-refractivity contribution >= 4 is 23.3 Å². The van der Waals surface area contributed by atoms with E-state index in [2.05, 4.69) is 0 Å². The standard InChI is InChI=1S/C17H16ClNO3/c18-15-5-1-3-12(9-15)16(20)13-4-2-7-19(10-13)17(21)14-6-8-22-11-14/h1,3,5-6,8-9,11,13H,2,4,7,10H2/t13-/m1/s1. The molecule has 1 aliphatic heterocycles. The quantitative estimate of drug-likeness (QED) is 0.812. The Morgan fingerprint density at radius 3 is 2.82 bits per heavy atom. The molecule has 1 aromatic heterocycles. The normalized spacial score (nSPS) is 18.2. The third-order valence-electron chi connectivity index (χ3n) is 3.96. The third kappa shape index (κ3) is 3.07. The highest BCUT2D eigenvalue weighted by Crippen LogP contribution is 2.23. The second-order valence-corrected chi connectivity index (χ2v) is 5.91. The van der Waals surface area contributed by atoms with Crippen molar-refractivity contribution in [1.29, 1.82) is 0 Å². The van der Waals surface area contributed by atoms with Gasteiger partial charge in [0.25, 0.3) is 5.91 Å². The van der Waals surface area contributed by atoms with E-state index in [1.54, 1.807) is 35.2 Å².